The third-order valence-corrected chi connectivity index (χ3v) is 7.10. The number of oxime groups is 1. The highest BCUT2D eigenvalue weighted by molar-refractivity contribution is 7.90. The molecule has 2 aromatic rings. The summed E-state index contributed by atoms with van der Waals surface area (Å²) in [6, 6.07) is 11.0. The van der Waals surface area contributed by atoms with E-state index in [2.05, 4.69) is 10.1 Å². The van der Waals surface area contributed by atoms with E-state index >= 15 is 0 Å². The molecular weight excluding hydrogens is 430 g/mol. The van der Waals surface area contributed by atoms with E-state index in [0.717, 1.165) is 36.3 Å². The first kappa shape index (κ1) is 23.8. The largest absolute Gasteiger partial charge is 0.494 e. The summed E-state index contributed by atoms with van der Waals surface area (Å²) < 4.78 is 34.3. The fraction of sp³-hybridized carbons (Fsp3) is 0.455. The zero-order valence-corrected chi connectivity index (χ0v) is 19.4. The Hall–Kier alpha value is -2.85. The summed E-state index contributed by atoms with van der Waals surface area (Å²) in [6.45, 7) is 6.30. The van der Waals surface area contributed by atoms with Gasteiger partial charge in [-0.05, 0) is 69.0 Å². The Morgan fingerprint density at radius 1 is 1.16 bits per heavy atom. The molecule has 1 aliphatic rings. The van der Waals surface area contributed by atoms with Crippen molar-refractivity contribution < 1.29 is 18.0 Å². The molecule has 174 valence electrons. The van der Waals surface area contributed by atoms with Crippen molar-refractivity contribution >= 4 is 27.4 Å². The van der Waals surface area contributed by atoms with Gasteiger partial charge < -0.3 is 15.3 Å². The van der Waals surface area contributed by atoms with E-state index in [9.17, 15) is 8.42 Å². The van der Waals surface area contributed by atoms with Gasteiger partial charge in [-0.25, -0.2) is 4.98 Å². The van der Waals surface area contributed by atoms with Crippen LogP contribution in [0.5, 0.6) is 5.75 Å². The van der Waals surface area contributed by atoms with Crippen LogP contribution in [0.1, 0.15) is 38.7 Å². The van der Waals surface area contributed by atoms with E-state index in [4.69, 9.17) is 15.3 Å². The molecule has 0 radical (unpaired) electrons. The highest BCUT2D eigenvalue weighted by Gasteiger charge is 2.36. The van der Waals surface area contributed by atoms with Crippen LogP contribution in [0.2, 0.25) is 0 Å². The molecule has 1 aromatic carbocycles. The van der Waals surface area contributed by atoms with E-state index in [0.29, 0.717) is 44.4 Å². The molecule has 0 atom stereocenters. The van der Waals surface area contributed by atoms with Crippen LogP contribution in [0, 0.1) is 0 Å². The summed E-state index contributed by atoms with van der Waals surface area (Å²) in [5.41, 5.74) is 8.05. The predicted octanol–water partition coefficient (Wildman–Crippen LogP) is 3.04. The maximum atomic E-state index is 12.8. The van der Waals surface area contributed by atoms with Crippen molar-refractivity contribution in [2.24, 2.45) is 5.16 Å². The topological polar surface area (TPSA) is 110 Å². The number of hydrogen-bond donors (Lipinski definition) is 1. The summed E-state index contributed by atoms with van der Waals surface area (Å²) in [5.74, 6) is 1.10. The molecule has 0 aliphatic carbocycles. The standard InChI is InChI=1S/C22H31N5O4S/c1-3-31-25-18(2)19-7-9-21(10-8-19)30-16-6-4-5-13-26-14-15-27(32(26,28)29)20-11-12-24-22(23)17-20/h7-12,17H,3-6,13-16H2,1-2H3,(H2,23,24)/b25-18+. The Bertz CT molecular complexity index is 1010. The number of nitrogen functional groups attached to an aromatic ring is 1. The van der Waals surface area contributed by atoms with Crippen LogP contribution in [0.15, 0.2) is 47.8 Å². The van der Waals surface area contributed by atoms with Gasteiger partial charge in [0.1, 0.15) is 18.2 Å². The number of pyridine rings is 1. The number of benzene rings is 1. The molecule has 0 bridgehead atoms. The van der Waals surface area contributed by atoms with Crippen LogP contribution >= 0.6 is 0 Å². The summed E-state index contributed by atoms with van der Waals surface area (Å²) >= 11 is 0. The molecule has 0 unspecified atom stereocenters. The van der Waals surface area contributed by atoms with Crippen LogP contribution in [0.3, 0.4) is 0 Å². The van der Waals surface area contributed by atoms with Gasteiger partial charge in [-0.2, -0.15) is 12.7 Å². The Balaban J connectivity index is 1.38. The second kappa shape index (κ2) is 11.1. The van der Waals surface area contributed by atoms with Crippen molar-refractivity contribution in [3.05, 3.63) is 48.2 Å². The van der Waals surface area contributed by atoms with Gasteiger partial charge in [0.25, 0.3) is 0 Å². The first-order chi connectivity index (χ1) is 15.4. The first-order valence-electron chi connectivity index (χ1n) is 10.8. The number of ether oxygens (including phenoxy) is 1. The van der Waals surface area contributed by atoms with Crippen LogP contribution in [0.4, 0.5) is 11.5 Å². The fourth-order valence-electron chi connectivity index (χ4n) is 3.42. The molecule has 2 heterocycles. The monoisotopic (exact) mass is 461 g/mol. The van der Waals surface area contributed by atoms with Gasteiger partial charge in [-0.1, -0.05) is 5.16 Å². The molecular formula is C22H31N5O4S. The second-order valence-corrected chi connectivity index (χ2v) is 9.30. The molecule has 1 fully saturated rings. The van der Waals surface area contributed by atoms with Crippen molar-refractivity contribution in [1.29, 1.82) is 0 Å². The lowest BCUT2D eigenvalue weighted by molar-refractivity contribution is 0.159. The van der Waals surface area contributed by atoms with Crippen molar-refractivity contribution in [3.63, 3.8) is 0 Å². The lowest BCUT2D eigenvalue weighted by Crippen LogP contribution is -2.33. The zero-order valence-electron chi connectivity index (χ0n) is 18.6. The molecule has 1 aliphatic heterocycles. The second-order valence-electron chi connectivity index (χ2n) is 7.45. The molecule has 1 aromatic heterocycles. The Labute approximate surface area is 190 Å². The molecule has 32 heavy (non-hydrogen) atoms. The Morgan fingerprint density at radius 3 is 2.66 bits per heavy atom. The van der Waals surface area contributed by atoms with E-state index in [-0.39, 0.29) is 0 Å². The molecule has 1 saturated heterocycles. The van der Waals surface area contributed by atoms with Crippen molar-refractivity contribution in [2.75, 3.05) is 42.9 Å². The zero-order chi connectivity index (χ0) is 23.0. The molecule has 0 saturated carbocycles. The summed E-state index contributed by atoms with van der Waals surface area (Å²) in [4.78, 5) is 8.99. The lowest BCUT2D eigenvalue weighted by atomic mass is 10.1. The van der Waals surface area contributed by atoms with Gasteiger partial charge >= 0.3 is 10.2 Å². The van der Waals surface area contributed by atoms with E-state index in [1.165, 1.54) is 14.8 Å². The molecule has 10 heteroatoms. The van der Waals surface area contributed by atoms with Gasteiger partial charge in [0, 0.05) is 31.9 Å². The Kier molecular flexibility index (Phi) is 8.29. The SMILES string of the molecule is CCO/N=C(\C)c1ccc(OCCCCCN2CCN(c3ccnc(N)c3)S2(=O)=O)cc1. The number of unbranched alkanes of at least 4 members (excludes halogenated alkanes) is 2. The van der Waals surface area contributed by atoms with E-state index in [1.807, 2.05) is 38.1 Å². The number of nitrogens with zero attached hydrogens (tertiary/aromatic N) is 4. The highest BCUT2D eigenvalue weighted by atomic mass is 32.2. The minimum atomic E-state index is -3.52. The van der Waals surface area contributed by atoms with Crippen LogP contribution in [-0.2, 0) is 15.0 Å². The number of hydrogen-bond acceptors (Lipinski definition) is 7. The predicted molar refractivity (Wildman–Crippen MR) is 126 cm³/mol. The summed E-state index contributed by atoms with van der Waals surface area (Å²) in [5, 5.41) is 4.02. The third-order valence-electron chi connectivity index (χ3n) is 5.13. The van der Waals surface area contributed by atoms with Gasteiger partial charge in [-0.15, -0.1) is 0 Å². The molecule has 9 nitrogen and oxygen atoms in total. The van der Waals surface area contributed by atoms with Gasteiger partial charge in [-0.3, -0.25) is 4.31 Å². The molecule has 2 N–H and O–H groups in total. The normalized spacial score (nSPS) is 16.3. The maximum Gasteiger partial charge on any atom is 0.304 e. The van der Waals surface area contributed by atoms with Crippen LogP contribution < -0.4 is 14.8 Å². The van der Waals surface area contributed by atoms with Crippen LogP contribution in [0.25, 0.3) is 0 Å². The molecule has 0 amide bonds. The summed E-state index contributed by atoms with van der Waals surface area (Å²) in [6.07, 6.45) is 4.03. The van der Waals surface area contributed by atoms with Crippen molar-refractivity contribution in [1.82, 2.24) is 9.29 Å². The van der Waals surface area contributed by atoms with Crippen LogP contribution in [-0.4, -0.2) is 56.3 Å². The average Bonchev–Trinajstić information content (AvgIpc) is 3.08. The molecule has 3 rings (SSSR count). The Morgan fingerprint density at radius 2 is 1.94 bits per heavy atom. The smallest absolute Gasteiger partial charge is 0.304 e. The lowest BCUT2D eigenvalue weighted by Gasteiger charge is -2.20. The number of rotatable bonds is 11. The van der Waals surface area contributed by atoms with Crippen molar-refractivity contribution in [2.45, 2.75) is 33.1 Å². The van der Waals surface area contributed by atoms with E-state index < -0.39 is 10.2 Å². The summed E-state index contributed by atoms with van der Waals surface area (Å²) in [7, 11) is -3.52. The minimum absolute atomic E-state index is 0.305. The average molecular weight is 462 g/mol. The van der Waals surface area contributed by atoms with Crippen molar-refractivity contribution in [3.8, 4) is 5.75 Å². The third kappa shape index (κ3) is 6.10. The molecule has 0 spiro atoms. The quantitative estimate of drug-likeness (QED) is 0.313. The van der Waals surface area contributed by atoms with Gasteiger partial charge in [0.2, 0.25) is 0 Å². The fourth-order valence-corrected chi connectivity index (χ4v) is 5.06. The maximum absolute atomic E-state index is 12.8. The number of nitrogens with two attached hydrogens (primary N) is 1. The first-order valence-corrected chi connectivity index (χ1v) is 12.2. The number of aromatic nitrogens is 1. The highest BCUT2D eigenvalue weighted by Crippen LogP contribution is 2.26. The van der Waals surface area contributed by atoms with E-state index in [1.54, 1.807) is 12.1 Å². The number of anilines is 2. The van der Waals surface area contributed by atoms with Gasteiger partial charge in [0.05, 0.1) is 18.0 Å². The minimum Gasteiger partial charge on any atom is -0.494 e. The van der Waals surface area contributed by atoms with Gasteiger partial charge in [0.15, 0.2) is 0 Å².